The molecule has 0 spiro atoms. The van der Waals surface area contributed by atoms with Gasteiger partial charge in [0.2, 0.25) is 0 Å². The molecule has 0 radical (unpaired) electrons. The average Bonchev–Trinajstić information content (AvgIpc) is 1.98. The largest absolute Gasteiger partial charge is 1.00 e. The number of imide groups is 1. The lowest BCUT2D eigenvalue weighted by atomic mass is 10.3. The lowest BCUT2D eigenvalue weighted by Crippen LogP contribution is -3.00. The van der Waals surface area contributed by atoms with Crippen molar-refractivity contribution in [3.63, 3.8) is 0 Å². The summed E-state index contributed by atoms with van der Waals surface area (Å²) in [6.07, 6.45) is 0. The summed E-state index contributed by atoms with van der Waals surface area (Å²) in [4.78, 5) is 22.6. The van der Waals surface area contributed by atoms with E-state index in [1.807, 2.05) is 0 Å². The zero-order valence-corrected chi connectivity index (χ0v) is 7.69. The summed E-state index contributed by atoms with van der Waals surface area (Å²) in [6, 6.07) is -0.407. The highest BCUT2D eigenvalue weighted by Gasteiger charge is 2.36. The molecular weight excluding hydrogens is 191 g/mol. The maximum atomic E-state index is 10.8. The third-order valence-electron chi connectivity index (χ3n) is 1.44. The average molecular weight is 200 g/mol. The Labute approximate surface area is 77.1 Å². The highest BCUT2D eigenvalue weighted by molar-refractivity contribution is 5.96. The number of carbonyl (C=O) groups is 2. The fourth-order valence-electron chi connectivity index (χ4n) is 0.811. The second kappa shape index (κ2) is 4.54. The molecule has 0 saturated carbocycles. The van der Waals surface area contributed by atoms with E-state index in [-0.39, 0.29) is 42.8 Å². The van der Waals surface area contributed by atoms with Gasteiger partial charge >= 0.3 is 6.03 Å². The molecule has 0 aliphatic carbocycles. The molecule has 4 nitrogen and oxygen atoms in total. The van der Waals surface area contributed by atoms with Crippen LogP contribution in [0.1, 0.15) is 6.92 Å². The Kier molecular flexibility index (Phi) is 5.48. The molecule has 0 aromatic rings. The van der Waals surface area contributed by atoms with Gasteiger partial charge in [-0.25, -0.2) is 9.69 Å². The molecule has 1 saturated heterocycles. The van der Waals surface area contributed by atoms with Crippen LogP contribution in [0.25, 0.3) is 0 Å². The Hall–Kier alpha value is -0.320. The van der Waals surface area contributed by atoms with Crippen LogP contribution in [0.4, 0.5) is 4.79 Å². The lowest BCUT2D eigenvalue weighted by Gasteiger charge is -1.96. The predicted molar refractivity (Wildman–Crippen MR) is 29.6 cm³/mol. The van der Waals surface area contributed by atoms with Crippen molar-refractivity contribution in [3.05, 3.63) is 0 Å². The van der Waals surface area contributed by atoms with E-state index in [1.165, 1.54) is 12.4 Å². The minimum atomic E-state index is -0.220. The molecule has 11 heavy (non-hydrogen) atoms. The second-order valence-corrected chi connectivity index (χ2v) is 2.19. The van der Waals surface area contributed by atoms with Crippen LogP contribution in [0.3, 0.4) is 0 Å². The van der Waals surface area contributed by atoms with Gasteiger partial charge in [-0.15, -0.1) is 0 Å². The fourth-order valence-corrected chi connectivity index (χ4v) is 0.811. The summed E-state index contributed by atoms with van der Waals surface area (Å²) in [7, 11) is 1.49. The maximum Gasteiger partial charge on any atom is 0.423 e. The Morgan fingerprint density at radius 3 is 1.91 bits per heavy atom. The number of hydrogen-bond donors (Lipinski definition) is 1. The summed E-state index contributed by atoms with van der Waals surface area (Å²) in [5, 5.41) is 1.42. The second-order valence-electron chi connectivity index (χ2n) is 2.19. The smallest absolute Gasteiger partial charge is 0.423 e. The number of primary amides is 1. The number of halogens is 2. The first-order valence-electron chi connectivity index (χ1n) is 2.79. The Morgan fingerprint density at radius 1 is 1.36 bits per heavy atom. The number of rotatable bonds is 0. The third-order valence-corrected chi connectivity index (χ3v) is 1.44. The lowest BCUT2D eigenvalue weighted by molar-refractivity contribution is -0.568. The van der Waals surface area contributed by atoms with Gasteiger partial charge in [0.15, 0.2) is 6.04 Å². The van der Waals surface area contributed by atoms with E-state index in [1.54, 1.807) is 6.92 Å². The number of quaternary nitrogens is 1. The van der Waals surface area contributed by atoms with Crippen molar-refractivity contribution in [2.75, 3.05) is 7.05 Å². The third kappa shape index (κ3) is 2.32. The molecule has 0 aromatic heterocycles. The fraction of sp³-hybridized carbons (Fsp3) is 0.600. The van der Waals surface area contributed by atoms with E-state index < -0.39 is 0 Å². The van der Waals surface area contributed by atoms with Crippen molar-refractivity contribution in [2.24, 2.45) is 0 Å². The van der Waals surface area contributed by atoms with Gasteiger partial charge < -0.3 is 24.8 Å². The molecule has 1 atom stereocenters. The summed E-state index contributed by atoms with van der Waals surface area (Å²) in [5.74, 6) is -0.111. The van der Waals surface area contributed by atoms with E-state index in [9.17, 15) is 9.59 Å². The number of likely N-dealkylation sites (N-methyl/N-ethyl adjacent to an activating group) is 1. The van der Waals surface area contributed by atoms with Gasteiger partial charge in [0.1, 0.15) is 0 Å². The minimum absolute atomic E-state index is 0. The molecule has 1 heterocycles. The van der Waals surface area contributed by atoms with Crippen LogP contribution in [0, 0.1) is 0 Å². The van der Waals surface area contributed by atoms with E-state index in [2.05, 4.69) is 0 Å². The number of carbonyl (C=O) groups excluding carboxylic acids is 2. The van der Waals surface area contributed by atoms with Crippen molar-refractivity contribution >= 4 is 11.9 Å². The zero-order valence-electron chi connectivity index (χ0n) is 6.17. The molecule has 0 aromatic carbocycles. The molecule has 1 rings (SSSR count). The number of nitrogens with zero attached hydrogens (tertiary/aromatic N) is 1. The highest BCUT2D eigenvalue weighted by Crippen LogP contribution is 1.92. The van der Waals surface area contributed by atoms with Crippen LogP contribution in [0.15, 0.2) is 0 Å². The van der Waals surface area contributed by atoms with E-state index in [0.29, 0.717) is 0 Å². The molecule has 2 N–H and O–H groups in total. The van der Waals surface area contributed by atoms with Crippen molar-refractivity contribution in [3.8, 4) is 0 Å². The van der Waals surface area contributed by atoms with Gasteiger partial charge in [-0.3, -0.25) is 10.1 Å². The van der Waals surface area contributed by atoms with Gasteiger partial charge in [-0.2, -0.15) is 0 Å². The van der Waals surface area contributed by atoms with E-state index in [4.69, 9.17) is 0 Å². The predicted octanol–water partition coefficient (Wildman–Crippen LogP) is -7.46. The van der Waals surface area contributed by atoms with Gasteiger partial charge in [0.05, 0.1) is 0 Å². The van der Waals surface area contributed by atoms with Crippen molar-refractivity contribution in [2.45, 2.75) is 13.0 Å². The first kappa shape index (κ1) is 13.3. The highest BCUT2D eigenvalue weighted by atomic mass is 35.5. The van der Waals surface area contributed by atoms with Crippen molar-refractivity contribution in [1.29, 1.82) is 0 Å². The Balaban J connectivity index is 0. The number of amides is 3. The standard InChI is InChI=1S/C5H8N2O2.2ClH/c1-3-4(8)7(2)5(9)6-3;;/h3H,1-2H3,(H,6,9);2*1H/p-1. The summed E-state index contributed by atoms with van der Waals surface area (Å²) >= 11 is 0. The molecule has 1 aliphatic heterocycles. The molecule has 1 aliphatic rings. The van der Waals surface area contributed by atoms with E-state index >= 15 is 0 Å². The van der Waals surface area contributed by atoms with Crippen LogP contribution >= 0.6 is 0 Å². The Bertz CT molecular complexity index is 174. The summed E-state index contributed by atoms with van der Waals surface area (Å²) in [6.45, 7) is 1.71. The van der Waals surface area contributed by atoms with Crippen LogP contribution in [0.5, 0.6) is 0 Å². The number of urea groups is 1. The van der Waals surface area contributed by atoms with Crippen molar-refractivity contribution in [1.82, 2.24) is 4.90 Å². The van der Waals surface area contributed by atoms with Crippen LogP contribution in [-0.4, -0.2) is 29.9 Å². The van der Waals surface area contributed by atoms with Gasteiger partial charge in [0.25, 0.3) is 5.91 Å². The minimum Gasteiger partial charge on any atom is -1.00 e. The monoisotopic (exact) mass is 199 g/mol. The first-order chi connectivity index (χ1) is 4.13. The SMILES string of the molecule is CC1[NH2+]C(=O)N(C)C1=O.[Cl-].[Cl-]. The maximum absolute atomic E-state index is 10.8. The molecule has 3 amide bonds. The quantitative estimate of drug-likeness (QED) is 0.395. The number of nitrogens with two attached hydrogens (primary N) is 1. The molecule has 6 heteroatoms. The molecular formula is C5H9Cl2N2O2-. The van der Waals surface area contributed by atoms with Gasteiger partial charge in [-0.05, 0) is 6.92 Å². The summed E-state index contributed by atoms with van der Waals surface area (Å²) < 4.78 is 0. The molecule has 66 valence electrons. The van der Waals surface area contributed by atoms with Crippen molar-refractivity contribution < 1.29 is 39.7 Å². The molecule has 1 unspecified atom stereocenters. The normalized spacial score (nSPS) is 22.7. The topological polar surface area (TPSA) is 54.0 Å². The van der Waals surface area contributed by atoms with Gasteiger partial charge in [0, 0.05) is 7.05 Å². The zero-order chi connectivity index (χ0) is 7.02. The molecule has 1 fully saturated rings. The van der Waals surface area contributed by atoms with Crippen LogP contribution in [-0.2, 0) is 4.79 Å². The van der Waals surface area contributed by atoms with Crippen LogP contribution < -0.4 is 30.1 Å². The van der Waals surface area contributed by atoms with Crippen LogP contribution in [0.2, 0.25) is 0 Å². The van der Waals surface area contributed by atoms with Gasteiger partial charge in [-0.1, -0.05) is 0 Å². The summed E-state index contributed by atoms with van der Waals surface area (Å²) in [5.41, 5.74) is 0. The van der Waals surface area contributed by atoms with E-state index in [0.717, 1.165) is 4.90 Å². The number of hydrogen-bond acceptors (Lipinski definition) is 2. The Morgan fingerprint density at radius 2 is 1.82 bits per heavy atom. The first-order valence-corrected chi connectivity index (χ1v) is 2.79. The molecule has 0 bridgehead atoms.